The summed E-state index contributed by atoms with van der Waals surface area (Å²) in [6.07, 6.45) is 5.37. The molecule has 2 aliphatic heterocycles. The van der Waals surface area contributed by atoms with Gasteiger partial charge >= 0.3 is 0 Å². The van der Waals surface area contributed by atoms with Crippen LogP contribution in [0.4, 0.5) is 0 Å². The quantitative estimate of drug-likeness (QED) is 0.718. The number of nitrogens with zero attached hydrogens (tertiary/aromatic N) is 1. The Morgan fingerprint density at radius 1 is 1.35 bits per heavy atom. The molecule has 5 atom stereocenters. The van der Waals surface area contributed by atoms with E-state index in [0.29, 0.717) is 17.7 Å². The lowest BCUT2D eigenvalue weighted by Crippen LogP contribution is -2.70. The summed E-state index contributed by atoms with van der Waals surface area (Å²) in [6, 6.07) is 2.55. The van der Waals surface area contributed by atoms with Crippen molar-refractivity contribution < 1.29 is 14.9 Å². The van der Waals surface area contributed by atoms with Crippen LogP contribution in [0.5, 0.6) is 11.5 Å². The molecule has 4 nitrogen and oxygen atoms in total. The Labute approximate surface area is 136 Å². The first-order chi connectivity index (χ1) is 10.9. The summed E-state index contributed by atoms with van der Waals surface area (Å²) in [5.74, 6) is 1.20. The molecule has 2 aliphatic carbocycles. The van der Waals surface area contributed by atoms with Gasteiger partial charge in [-0.25, -0.2) is 0 Å². The Balaban J connectivity index is 1.89. The second kappa shape index (κ2) is 3.93. The number of hydrogen-bond acceptors (Lipinski definition) is 4. The minimum atomic E-state index is -0.700. The third-order valence-corrected chi connectivity index (χ3v) is 7.08. The SMILES string of the molecule is Cc1cc2c3c(c1O)O[C@@]1(C)[C@@H](O)C=C[C@H]4[C@@H](C2)N(C)CC[C@@]341. The van der Waals surface area contributed by atoms with Gasteiger partial charge in [-0.3, -0.25) is 0 Å². The van der Waals surface area contributed by atoms with Crippen LogP contribution in [0.1, 0.15) is 30.0 Å². The lowest BCUT2D eigenvalue weighted by molar-refractivity contribution is -0.110. The third-order valence-electron chi connectivity index (χ3n) is 7.08. The summed E-state index contributed by atoms with van der Waals surface area (Å²) < 4.78 is 6.36. The first-order valence-corrected chi connectivity index (χ1v) is 8.52. The van der Waals surface area contributed by atoms with Crippen molar-refractivity contribution in [3.8, 4) is 11.5 Å². The molecule has 0 aromatic heterocycles. The largest absolute Gasteiger partial charge is 0.504 e. The smallest absolute Gasteiger partial charge is 0.166 e. The Bertz CT molecular complexity index is 757. The van der Waals surface area contributed by atoms with Crippen molar-refractivity contribution in [2.75, 3.05) is 13.6 Å². The van der Waals surface area contributed by atoms with E-state index >= 15 is 0 Å². The number of aryl methyl sites for hydroxylation is 1. The number of aromatic hydroxyl groups is 1. The van der Waals surface area contributed by atoms with Crippen molar-refractivity contribution in [2.45, 2.75) is 49.9 Å². The van der Waals surface area contributed by atoms with Crippen molar-refractivity contribution in [3.63, 3.8) is 0 Å². The number of aliphatic hydroxyl groups is 1. The lowest BCUT2D eigenvalue weighted by atomic mass is 9.49. The van der Waals surface area contributed by atoms with Gasteiger partial charge in [0, 0.05) is 17.5 Å². The average molecular weight is 313 g/mol. The molecule has 1 spiro atoms. The van der Waals surface area contributed by atoms with Crippen LogP contribution in [0.15, 0.2) is 18.2 Å². The molecule has 23 heavy (non-hydrogen) atoms. The Morgan fingerprint density at radius 3 is 2.91 bits per heavy atom. The molecular formula is C19H23NO3. The van der Waals surface area contributed by atoms with E-state index in [2.05, 4.69) is 24.1 Å². The van der Waals surface area contributed by atoms with E-state index in [1.807, 2.05) is 19.9 Å². The van der Waals surface area contributed by atoms with Gasteiger partial charge in [0.2, 0.25) is 0 Å². The molecule has 1 fully saturated rings. The molecule has 0 unspecified atom stereocenters. The number of rotatable bonds is 0. The van der Waals surface area contributed by atoms with E-state index in [0.717, 1.165) is 24.9 Å². The minimum absolute atomic E-state index is 0.230. The Kier molecular flexibility index (Phi) is 2.37. The molecular weight excluding hydrogens is 290 g/mol. The number of likely N-dealkylation sites (tertiary alicyclic amines) is 1. The Morgan fingerprint density at radius 2 is 2.13 bits per heavy atom. The van der Waals surface area contributed by atoms with E-state index < -0.39 is 11.7 Å². The molecule has 2 heterocycles. The van der Waals surface area contributed by atoms with Crippen molar-refractivity contribution in [3.05, 3.63) is 34.9 Å². The van der Waals surface area contributed by atoms with E-state index in [9.17, 15) is 10.2 Å². The maximum Gasteiger partial charge on any atom is 0.166 e. The van der Waals surface area contributed by atoms with Crippen LogP contribution in [-0.4, -0.2) is 46.5 Å². The van der Waals surface area contributed by atoms with Crippen molar-refractivity contribution in [2.24, 2.45) is 5.92 Å². The van der Waals surface area contributed by atoms with Gasteiger partial charge in [0.05, 0.1) is 5.41 Å². The molecule has 122 valence electrons. The van der Waals surface area contributed by atoms with Gasteiger partial charge in [0.25, 0.3) is 0 Å². The number of benzene rings is 1. The zero-order chi connectivity index (χ0) is 16.1. The van der Waals surface area contributed by atoms with Crippen LogP contribution in [0, 0.1) is 12.8 Å². The van der Waals surface area contributed by atoms with Crippen molar-refractivity contribution in [1.82, 2.24) is 4.90 Å². The van der Waals surface area contributed by atoms with Crippen LogP contribution in [0.2, 0.25) is 0 Å². The summed E-state index contributed by atoms with van der Waals surface area (Å²) in [6.45, 7) is 4.95. The van der Waals surface area contributed by atoms with E-state index in [4.69, 9.17) is 4.74 Å². The summed E-state index contributed by atoms with van der Waals surface area (Å²) >= 11 is 0. The summed E-state index contributed by atoms with van der Waals surface area (Å²) in [4.78, 5) is 2.45. The number of aliphatic hydroxyl groups excluding tert-OH is 1. The van der Waals surface area contributed by atoms with Crippen LogP contribution in [-0.2, 0) is 11.8 Å². The average Bonchev–Trinajstić information content (AvgIpc) is 2.79. The van der Waals surface area contributed by atoms with E-state index in [1.54, 1.807) is 0 Å². The first kappa shape index (κ1) is 13.9. The normalized spacial score (nSPS) is 43.2. The maximum absolute atomic E-state index is 10.8. The molecule has 1 aromatic carbocycles. The van der Waals surface area contributed by atoms with Crippen LogP contribution >= 0.6 is 0 Å². The van der Waals surface area contributed by atoms with E-state index in [-0.39, 0.29) is 11.2 Å². The van der Waals surface area contributed by atoms with Crippen molar-refractivity contribution in [1.29, 1.82) is 0 Å². The highest BCUT2D eigenvalue weighted by molar-refractivity contribution is 5.65. The highest BCUT2D eigenvalue weighted by Gasteiger charge is 2.70. The molecule has 1 saturated heterocycles. The third kappa shape index (κ3) is 1.30. The maximum atomic E-state index is 10.8. The fourth-order valence-electron chi connectivity index (χ4n) is 5.84. The lowest BCUT2D eigenvalue weighted by Gasteiger charge is -2.60. The second-order valence-electron chi connectivity index (χ2n) is 7.94. The molecule has 4 heteroatoms. The standard InChI is InChI=1S/C19H23NO3/c1-10-8-11-9-13-12-4-5-14(21)18(2)19(12,6-7-20(13)3)15(11)17(23-18)16(10)22/h4-5,8,12-14,21-22H,6-7,9H2,1-3H3/t12-,13+,14-,18-,19-/m0/s1. The fourth-order valence-corrected chi connectivity index (χ4v) is 5.84. The topological polar surface area (TPSA) is 52.9 Å². The fraction of sp³-hybridized carbons (Fsp3) is 0.579. The molecule has 0 saturated carbocycles. The number of likely N-dealkylation sites (N-methyl/N-ethyl adjacent to an activating group) is 1. The monoisotopic (exact) mass is 313 g/mol. The number of phenols is 1. The summed E-state index contributed by atoms with van der Waals surface area (Å²) in [7, 11) is 2.20. The summed E-state index contributed by atoms with van der Waals surface area (Å²) in [5, 5.41) is 21.4. The second-order valence-corrected chi connectivity index (χ2v) is 7.94. The first-order valence-electron chi connectivity index (χ1n) is 8.52. The van der Waals surface area contributed by atoms with Gasteiger partial charge < -0.3 is 19.8 Å². The zero-order valence-corrected chi connectivity index (χ0v) is 13.8. The molecule has 2 bridgehead atoms. The number of ether oxygens (including phenoxy) is 1. The van der Waals surface area contributed by atoms with Gasteiger partial charge in [-0.05, 0) is 51.4 Å². The Hall–Kier alpha value is -1.52. The highest BCUT2D eigenvalue weighted by atomic mass is 16.5. The molecule has 5 rings (SSSR count). The molecule has 0 amide bonds. The van der Waals surface area contributed by atoms with Crippen LogP contribution in [0.25, 0.3) is 0 Å². The number of hydrogen-bond donors (Lipinski definition) is 2. The number of piperidine rings is 1. The number of phenolic OH excluding ortho intramolecular Hbond substituents is 1. The van der Waals surface area contributed by atoms with Crippen LogP contribution in [0.3, 0.4) is 0 Å². The molecule has 2 N–H and O–H groups in total. The minimum Gasteiger partial charge on any atom is -0.504 e. The van der Waals surface area contributed by atoms with Gasteiger partial charge in [-0.15, -0.1) is 0 Å². The van der Waals surface area contributed by atoms with E-state index in [1.165, 1.54) is 11.1 Å². The molecule has 0 radical (unpaired) electrons. The zero-order valence-electron chi connectivity index (χ0n) is 13.8. The molecule has 1 aromatic rings. The van der Waals surface area contributed by atoms with Gasteiger partial charge in [-0.2, -0.15) is 0 Å². The van der Waals surface area contributed by atoms with Gasteiger partial charge in [-0.1, -0.05) is 18.2 Å². The van der Waals surface area contributed by atoms with Crippen LogP contribution < -0.4 is 4.74 Å². The predicted octanol–water partition coefficient (Wildman–Crippen LogP) is 1.90. The summed E-state index contributed by atoms with van der Waals surface area (Å²) in [5.41, 5.74) is 2.38. The van der Waals surface area contributed by atoms with Gasteiger partial charge in [0.1, 0.15) is 11.7 Å². The highest BCUT2D eigenvalue weighted by Crippen LogP contribution is 2.66. The predicted molar refractivity (Wildman–Crippen MR) is 86.9 cm³/mol. The van der Waals surface area contributed by atoms with Crippen molar-refractivity contribution >= 4 is 0 Å². The molecule has 4 aliphatic rings. The van der Waals surface area contributed by atoms with Gasteiger partial charge in [0.15, 0.2) is 11.5 Å².